The van der Waals surface area contributed by atoms with Crippen LogP contribution < -0.4 is 5.32 Å². The first-order valence-corrected chi connectivity index (χ1v) is 11.3. The Labute approximate surface area is 182 Å². The standard InChI is InChI=1S/C26H28BrNO/c1-3-7-20-10-12-22(13-11-20)23-14-16-24(17-15-23)25(18-27)26(29)28-19(2)21-8-5-4-6-9-21/h4-6,8-17,19,25H,3,7,18H2,1-2H3,(H,28,29). The Kier molecular flexibility index (Phi) is 7.65. The molecule has 0 fully saturated rings. The molecule has 0 heterocycles. The minimum Gasteiger partial charge on any atom is -0.349 e. The maximum absolute atomic E-state index is 12.9. The molecule has 3 aromatic carbocycles. The molecule has 150 valence electrons. The van der Waals surface area contributed by atoms with Crippen molar-refractivity contribution in [3.8, 4) is 11.1 Å². The van der Waals surface area contributed by atoms with Gasteiger partial charge >= 0.3 is 0 Å². The van der Waals surface area contributed by atoms with Crippen LogP contribution in [0.25, 0.3) is 11.1 Å². The lowest BCUT2D eigenvalue weighted by Gasteiger charge is -2.20. The summed E-state index contributed by atoms with van der Waals surface area (Å²) in [7, 11) is 0. The molecule has 0 aliphatic carbocycles. The summed E-state index contributed by atoms with van der Waals surface area (Å²) in [6.45, 7) is 4.22. The SMILES string of the molecule is CCCc1ccc(-c2ccc(C(CBr)C(=O)NC(C)c3ccccc3)cc2)cc1. The molecule has 2 unspecified atom stereocenters. The van der Waals surface area contributed by atoms with Crippen LogP contribution in [0.15, 0.2) is 78.9 Å². The van der Waals surface area contributed by atoms with Crippen LogP contribution in [-0.2, 0) is 11.2 Å². The van der Waals surface area contributed by atoms with Gasteiger partial charge in [-0.3, -0.25) is 4.79 Å². The zero-order chi connectivity index (χ0) is 20.6. The monoisotopic (exact) mass is 449 g/mol. The van der Waals surface area contributed by atoms with Crippen LogP contribution in [0.4, 0.5) is 0 Å². The fraction of sp³-hybridized carbons (Fsp3) is 0.269. The van der Waals surface area contributed by atoms with Crippen LogP contribution in [0.3, 0.4) is 0 Å². The van der Waals surface area contributed by atoms with E-state index in [4.69, 9.17) is 0 Å². The molecule has 29 heavy (non-hydrogen) atoms. The largest absolute Gasteiger partial charge is 0.349 e. The molecule has 3 rings (SSSR count). The third kappa shape index (κ3) is 5.57. The number of amides is 1. The predicted molar refractivity (Wildman–Crippen MR) is 125 cm³/mol. The normalized spacial score (nSPS) is 12.9. The van der Waals surface area contributed by atoms with Gasteiger partial charge in [0.1, 0.15) is 0 Å². The van der Waals surface area contributed by atoms with E-state index in [-0.39, 0.29) is 17.9 Å². The molecular formula is C26H28BrNO. The first-order valence-electron chi connectivity index (χ1n) is 10.2. The Balaban J connectivity index is 1.70. The first kappa shape index (κ1) is 21.3. The highest BCUT2D eigenvalue weighted by Crippen LogP contribution is 2.25. The van der Waals surface area contributed by atoms with Crippen LogP contribution in [0, 0.1) is 0 Å². The summed E-state index contributed by atoms with van der Waals surface area (Å²) >= 11 is 3.52. The van der Waals surface area contributed by atoms with Crippen molar-refractivity contribution in [2.75, 3.05) is 5.33 Å². The Morgan fingerprint density at radius 2 is 1.45 bits per heavy atom. The van der Waals surface area contributed by atoms with Crippen LogP contribution in [0.2, 0.25) is 0 Å². The second-order valence-electron chi connectivity index (χ2n) is 7.42. The Morgan fingerprint density at radius 3 is 2.00 bits per heavy atom. The summed E-state index contributed by atoms with van der Waals surface area (Å²) in [5.74, 6) is -0.183. The van der Waals surface area contributed by atoms with Crippen molar-refractivity contribution in [2.24, 2.45) is 0 Å². The number of benzene rings is 3. The summed E-state index contributed by atoms with van der Waals surface area (Å²) in [5, 5.41) is 3.73. The van der Waals surface area contributed by atoms with Gasteiger partial charge in [0, 0.05) is 5.33 Å². The molecule has 1 amide bonds. The van der Waals surface area contributed by atoms with Crippen molar-refractivity contribution < 1.29 is 4.79 Å². The Bertz CT molecular complexity index is 904. The number of rotatable bonds is 8. The summed E-state index contributed by atoms with van der Waals surface area (Å²) in [6, 6.07) is 27.1. The molecule has 1 N–H and O–H groups in total. The summed E-state index contributed by atoms with van der Waals surface area (Å²) in [5.41, 5.74) is 5.87. The lowest BCUT2D eigenvalue weighted by atomic mass is 9.95. The molecule has 0 saturated heterocycles. The summed E-state index contributed by atoms with van der Waals surface area (Å²) < 4.78 is 0. The molecule has 0 radical (unpaired) electrons. The second-order valence-corrected chi connectivity index (χ2v) is 8.06. The molecule has 0 aliphatic rings. The van der Waals surface area contributed by atoms with E-state index < -0.39 is 0 Å². The number of aryl methyl sites for hydroxylation is 1. The van der Waals surface area contributed by atoms with E-state index in [1.807, 2.05) is 37.3 Å². The van der Waals surface area contributed by atoms with E-state index in [9.17, 15) is 4.79 Å². The van der Waals surface area contributed by atoms with Crippen molar-refractivity contribution in [1.82, 2.24) is 5.32 Å². The first-order chi connectivity index (χ1) is 14.1. The molecule has 3 heteroatoms. The molecule has 2 nitrogen and oxygen atoms in total. The average molecular weight is 450 g/mol. The number of carbonyl (C=O) groups excluding carboxylic acids is 1. The fourth-order valence-corrected chi connectivity index (χ4v) is 4.18. The van der Waals surface area contributed by atoms with Gasteiger partial charge in [-0.1, -0.05) is 108 Å². The van der Waals surface area contributed by atoms with Crippen molar-refractivity contribution in [3.05, 3.63) is 95.6 Å². The molecule has 2 atom stereocenters. The number of carbonyl (C=O) groups is 1. The highest BCUT2D eigenvalue weighted by molar-refractivity contribution is 9.09. The van der Waals surface area contributed by atoms with E-state index in [2.05, 4.69) is 76.7 Å². The third-order valence-corrected chi connectivity index (χ3v) is 5.92. The summed E-state index contributed by atoms with van der Waals surface area (Å²) in [4.78, 5) is 12.9. The van der Waals surface area contributed by atoms with Gasteiger partial charge in [-0.05, 0) is 41.2 Å². The van der Waals surface area contributed by atoms with E-state index in [1.54, 1.807) is 0 Å². The molecule has 0 spiro atoms. The topological polar surface area (TPSA) is 29.1 Å². The number of halogens is 1. The number of hydrogen-bond donors (Lipinski definition) is 1. The number of hydrogen-bond acceptors (Lipinski definition) is 1. The fourth-order valence-electron chi connectivity index (χ4n) is 3.51. The highest BCUT2D eigenvalue weighted by atomic mass is 79.9. The highest BCUT2D eigenvalue weighted by Gasteiger charge is 2.21. The molecule has 3 aromatic rings. The molecule has 0 bridgehead atoms. The molecule has 0 aromatic heterocycles. The van der Waals surface area contributed by atoms with Gasteiger partial charge in [0.25, 0.3) is 0 Å². The van der Waals surface area contributed by atoms with Crippen molar-refractivity contribution in [2.45, 2.75) is 38.6 Å². The molecular weight excluding hydrogens is 422 g/mol. The van der Waals surface area contributed by atoms with Gasteiger partial charge in [0.2, 0.25) is 5.91 Å². The second kappa shape index (κ2) is 10.4. The zero-order valence-electron chi connectivity index (χ0n) is 17.1. The van der Waals surface area contributed by atoms with Gasteiger partial charge < -0.3 is 5.32 Å². The quantitative estimate of drug-likeness (QED) is 0.382. The van der Waals surface area contributed by atoms with E-state index in [0.717, 1.165) is 24.0 Å². The van der Waals surface area contributed by atoms with Gasteiger partial charge in [-0.25, -0.2) is 0 Å². The van der Waals surface area contributed by atoms with Gasteiger partial charge in [-0.2, -0.15) is 0 Å². The van der Waals surface area contributed by atoms with Gasteiger partial charge in [0.05, 0.1) is 12.0 Å². The minimum atomic E-state index is -0.220. The lowest BCUT2D eigenvalue weighted by Crippen LogP contribution is -2.32. The van der Waals surface area contributed by atoms with Crippen LogP contribution in [-0.4, -0.2) is 11.2 Å². The Morgan fingerprint density at radius 1 is 0.862 bits per heavy atom. The van der Waals surface area contributed by atoms with Crippen LogP contribution >= 0.6 is 15.9 Å². The maximum Gasteiger partial charge on any atom is 0.228 e. The van der Waals surface area contributed by atoms with Crippen molar-refractivity contribution in [1.29, 1.82) is 0 Å². The molecule has 0 aliphatic heterocycles. The van der Waals surface area contributed by atoms with Crippen molar-refractivity contribution in [3.63, 3.8) is 0 Å². The smallest absolute Gasteiger partial charge is 0.228 e. The number of nitrogens with one attached hydrogen (secondary N) is 1. The number of alkyl halides is 1. The Hall–Kier alpha value is -2.39. The predicted octanol–water partition coefficient (Wildman–Crippen LogP) is 6.66. The van der Waals surface area contributed by atoms with Crippen molar-refractivity contribution >= 4 is 21.8 Å². The summed E-state index contributed by atoms with van der Waals surface area (Å²) in [6.07, 6.45) is 2.27. The molecule has 0 saturated carbocycles. The average Bonchev–Trinajstić information content (AvgIpc) is 2.76. The van der Waals surface area contributed by atoms with Crippen LogP contribution in [0.1, 0.15) is 48.9 Å². The van der Waals surface area contributed by atoms with Crippen LogP contribution in [0.5, 0.6) is 0 Å². The minimum absolute atomic E-state index is 0.0221. The van der Waals surface area contributed by atoms with Gasteiger partial charge in [-0.15, -0.1) is 0 Å². The third-order valence-electron chi connectivity index (χ3n) is 5.27. The van der Waals surface area contributed by atoms with E-state index in [1.165, 1.54) is 16.7 Å². The van der Waals surface area contributed by atoms with E-state index >= 15 is 0 Å². The maximum atomic E-state index is 12.9. The zero-order valence-corrected chi connectivity index (χ0v) is 18.7. The van der Waals surface area contributed by atoms with Gasteiger partial charge in [0.15, 0.2) is 0 Å². The lowest BCUT2D eigenvalue weighted by molar-refractivity contribution is -0.122. The van der Waals surface area contributed by atoms with E-state index in [0.29, 0.717) is 5.33 Å².